The molecule has 0 heterocycles. The van der Waals surface area contributed by atoms with Crippen LogP contribution in [0, 0.1) is 0 Å². The lowest BCUT2D eigenvalue weighted by Gasteiger charge is -2.20. The van der Waals surface area contributed by atoms with E-state index in [0.717, 1.165) is 70.6 Å². The summed E-state index contributed by atoms with van der Waals surface area (Å²) in [6.07, 6.45) is 50.8. The number of carbonyl (C=O) groups is 2. The van der Waals surface area contributed by atoms with Gasteiger partial charge in [-0.1, -0.05) is 204 Å². The number of ether oxygens (including phenoxy) is 2. The van der Waals surface area contributed by atoms with Gasteiger partial charge in [-0.05, 0) is 51.4 Å². The van der Waals surface area contributed by atoms with Crippen LogP contribution in [0.2, 0.25) is 0 Å². The molecule has 0 radical (unpaired) electrons. The average molecular weight is 883 g/mol. The van der Waals surface area contributed by atoms with Crippen molar-refractivity contribution in [2.24, 2.45) is 0 Å². The van der Waals surface area contributed by atoms with Crippen LogP contribution in [0.4, 0.5) is 0 Å². The van der Waals surface area contributed by atoms with E-state index in [9.17, 15) is 29.3 Å². The predicted octanol–water partition coefficient (Wildman–Crippen LogP) is 13.7. The molecule has 61 heavy (non-hydrogen) atoms. The molecule has 0 saturated carbocycles. The van der Waals surface area contributed by atoms with Crippen molar-refractivity contribution < 1.29 is 47.8 Å². The van der Waals surface area contributed by atoms with Gasteiger partial charge >= 0.3 is 19.8 Å². The van der Waals surface area contributed by atoms with Crippen LogP contribution < -0.4 is 0 Å². The second-order valence-electron chi connectivity index (χ2n) is 16.4. The lowest BCUT2D eigenvalue weighted by Crippen LogP contribution is -2.28. The van der Waals surface area contributed by atoms with Crippen LogP contribution in [-0.2, 0) is 32.7 Å². The Labute approximate surface area is 373 Å². The second-order valence-corrected chi connectivity index (χ2v) is 17.9. The van der Waals surface area contributed by atoms with Crippen molar-refractivity contribution in [1.82, 2.24) is 0 Å². The summed E-state index contributed by atoms with van der Waals surface area (Å²) in [5.74, 6) is -1.02. The summed E-state index contributed by atoms with van der Waals surface area (Å²) < 4.78 is 32.7. The Morgan fingerprint density at radius 1 is 0.459 bits per heavy atom. The Kier molecular flexibility index (Phi) is 44.4. The molecule has 0 spiro atoms. The molecule has 0 rings (SSSR count). The summed E-state index contributed by atoms with van der Waals surface area (Å²) in [7, 11) is -4.64. The minimum Gasteiger partial charge on any atom is -0.457 e. The molecule has 0 fully saturated rings. The topological polar surface area (TPSA) is 149 Å². The van der Waals surface area contributed by atoms with Crippen LogP contribution in [-0.4, -0.2) is 65.7 Å². The highest BCUT2D eigenvalue weighted by molar-refractivity contribution is 7.47. The molecule has 0 aliphatic heterocycles. The fourth-order valence-corrected chi connectivity index (χ4v) is 7.60. The summed E-state index contributed by atoms with van der Waals surface area (Å²) in [5.41, 5.74) is 0. The molecule has 10 nitrogen and oxygen atoms in total. The van der Waals surface area contributed by atoms with Gasteiger partial charge in [-0.3, -0.25) is 18.6 Å². The standard InChI is InChI=1S/C50H91O10P/c1-3-5-7-9-11-13-15-17-19-20-21-22-23-24-25-26-28-30-32-34-36-38-40-42-50(54)60-48(44-52)46-58-61(55,56)57-45-47(43-51)59-49(53)41-39-37-35-33-31-29-27-18-16-14-12-10-8-6-4-2/h5,7,11,13,17,19,21-22,47-48,51-52H,3-4,6,8-10,12,14-16,18,20,23-46H2,1-2H3,(H,55,56)/b7-5-,13-11-,19-17-,22-21-. The Hall–Kier alpha value is -2.07. The zero-order valence-electron chi connectivity index (χ0n) is 38.9. The van der Waals surface area contributed by atoms with Gasteiger partial charge in [0.2, 0.25) is 0 Å². The lowest BCUT2D eigenvalue weighted by atomic mass is 10.0. The minimum atomic E-state index is -4.64. The van der Waals surface area contributed by atoms with E-state index in [1.54, 1.807) is 0 Å². The number of hydrogen-bond acceptors (Lipinski definition) is 9. The number of aliphatic hydroxyl groups is 2. The van der Waals surface area contributed by atoms with E-state index in [2.05, 4.69) is 62.5 Å². The summed E-state index contributed by atoms with van der Waals surface area (Å²) in [6.45, 7) is 2.12. The van der Waals surface area contributed by atoms with Gasteiger partial charge < -0.3 is 24.6 Å². The number of phosphoric acid groups is 1. The quantitative estimate of drug-likeness (QED) is 0.0233. The lowest BCUT2D eigenvalue weighted by molar-refractivity contribution is -0.153. The summed E-state index contributed by atoms with van der Waals surface area (Å²) in [4.78, 5) is 34.6. The van der Waals surface area contributed by atoms with E-state index >= 15 is 0 Å². The molecular formula is C50H91O10P. The van der Waals surface area contributed by atoms with Crippen LogP contribution in [0.25, 0.3) is 0 Å². The smallest absolute Gasteiger partial charge is 0.457 e. The highest BCUT2D eigenvalue weighted by atomic mass is 31.2. The molecule has 0 aliphatic carbocycles. The molecule has 11 heteroatoms. The van der Waals surface area contributed by atoms with Crippen molar-refractivity contribution >= 4 is 19.8 Å². The van der Waals surface area contributed by atoms with Gasteiger partial charge in [-0.15, -0.1) is 0 Å². The molecule has 0 aromatic rings. The van der Waals surface area contributed by atoms with Gasteiger partial charge in [0.1, 0.15) is 12.2 Å². The minimum absolute atomic E-state index is 0.187. The molecule has 0 saturated heterocycles. The first kappa shape index (κ1) is 58.9. The molecule has 3 N–H and O–H groups in total. The van der Waals surface area contributed by atoms with Crippen molar-refractivity contribution in [2.45, 2.75) is 232 Å². The normalized spacial score (nSPS) is 14.1. The molecule has 0 aromatic heterocycles. The molecule has 0 amide bonds. The van der Waals surface area contributed by atoms with E-state index in [1.807, 2.05) is 0 Å². The van der Waals surface area contributed by atoms with E-state index in [4.69, 9.17) is 18.5 Å². The number of esters is 2. The monoisotopic (exact) mass is 883 g/mol. The van der Waals surface area contributed by atoms with Crippen molar-refractivity contribution in [3.8, 4) is 0 Å². The maximum absolute atomic E-state index is 12.4. The van der Waals surface area contributed by atoms with Gasteiger partial charge in [0.25, 0.3) is 0 Å². The zero-order chi connectivity index (χ0) is 44.8. The molecule has 0 aliphatic rings. The molecular weight excluding hydrogens is 792 g/mol. The highest BCUT2D eigenvalue weighted by Crippen LogP contribution is 2.43. The van der Waals surface area contributed by atoms with E-state index in [1.165, 1.54) is 109 Å². The van der Waals surface area contributed by atoms with Crippen LogP contribution >= 0.6 is 7.82 Å². The van der Waals surface area contributed by atoms with Crippen LogP contribution in [0.1, 0.15) is 219 Å². The summed E-state index contributed by atoms with van der Waals surface area (Å²) in [5, 5.41) is 19.2. The third kappa shape index (κ3) is 44.3. The Bertz CT molecular complexity index is 1150. The largest absolute Gasteiger partial charge is 0.472 e. The van der Waals surface area contributed by atoms with Gasteiger partial charge in [0.05, 0.1) is 26.4 Å². The predicted molar refractivity (Wildman–Crippen MR) is 251 cm³/mol. The van der Waals surface area contributed by atoms with Crippen molar-refractivity contribution in [2.75, 3.05) is 26.4 Å². The van der Waals surface area contributed by atoms with Crippen LogP contribution in [0.15, 0.2) is 48.6 Å². The van der Waals surface area contributed by atoms with Gasteiger partial charge in [-0.2, -0.15) is 0 Å². The first-order valence-corrected chi connectivity index (χ1v) is 26.1. The number of unbranched alkanes of at least 4 members (excludes halogenated alkanes) is 24. The number of allylic oxidation sites excluding steroid dienone is 8. The van der Waals surface area contributed by atoms with Crippen molar-refractivity contribution in [3.05, 3.63) is 48.6 Å². The highest BCUT2D eigenvalue weighted by Gasteiger charge is 2.27. The van der Waals surface area contributed by atoms with Gasteiger partial charge in [-0.25, -0.2) is 4.57 Å². The fraction of sp³-hybridized carbons (Fsp3) is 0.800. The number of hydrogen-bond donors (Lipinski definition) is 3. The Morgan fingerprint density at radius 3 is 1.11 bits per heavy atom. The Morgan fingerprint density at radius 2 is 0.770 bits per heavy atom. The fourth-order valence-electron chi connectivity index (χ4n) is 6.81. The summed E-state index contributed by atoms with van der Waals surface area (Å²) >= 11 is 0. The molecule has 0 aromatic carbocycles. The maximum atomic E-state index is 12.4. The first-order chi connectivity index (χ1) is 29.8. The molecule has 3 unspecified atom stereocenters. The summed E-state index contributed by atoms with van der Waals surface area (Å²) in [6, 6.07) is 0. The van der Waals surface area contributed by atoms with E-state index in [0.29, 0.717) is 12.8 Å². The van der Waals surface area contributed by atoms with Crippen LogP contribution in [0.5, 0.6) is 0 Å². The number of aliphatic hydroxyl groups excluding tert-OH is 2. The van der Waals surface area contributed by atoms with Gasteiger partial charge in [0, 0.05) is 12.8 Å². The first-order valence-electron chi connectivity index (χ1n) is 24.6. The average Bonchev–Trinajstić information content (AvgIpc) is 3.25. The van der Waals surface area contributed by atoms with Crippen molar-refractivity contribution in [1.29, 1.82) is 0 Å². The number of rotatable bonds is 46. The maximum Gasteiger partial charge on any atom is 0.472 e. The third-order valence-electron chi connectivity index (χ3n) is 10.6. The van der Waals surface area contributed by atoms with Crippen molar-refractivity contribution in [3.63, 3.8) is 0 Å². The molecule has 356 valence electrons. The zero-order valence-corrected chi connectivity index (χ0v) is 39.8. The number of phosphoric ester groups is 1. The Balaban J connectivity index is 3.85. The molecule has 0 bridgehead atoms. The van der Waals surface area contributed by atoms with Crippen LogP contribution in [0.3, 0.4) is 0 Å². The van der Waals surface area contributed by atoms with E-state index in [-0.39, 0.29) is 12.8 Å². The van der Waals surface area contributed by atoms with Gasteiger partial charge in [0.15, 0.2) is 0 Å². The SMILES string of the molecule is CC/C=C\C/C=C\C/C=C\C/C=C\CCCCCCCCCCCCC(=O)OC(CO)COP(=O)(O)OCC(CO)OC(=O)CCCCCCCCCCCCCCCCC. The number of carbonyl (C=O) groups excluding carboxylic acids is 2. The third-order valence-corrected chi connectivity index (χ3v) is 11.5. The second kappa shape index (κ2) is 45.9. The van der Waals surface area contributed by atoms with E-state index < -0.39 is 58.4 Å². The molecule has 3 atom stereocenters.